The number of piperazine rings is 1. The predicted octanol–water partition coefficient (Wildman–Crippen LogP) is 4.26. The summed E-state index contributed by atoms with van der Waals surface area (Å²) in [6.45, 7) is 3.10. The van der Waals surface area contributed by atoms with Gasteiger partial charge in [0.05, 0.1) is 16.6 Å². The Kier molecular flexibility index (Phi) is 7.97. The number of nitrogens with two attached hydrogens (primary N) is 1. The van der Waals surface area contributed by atoms with Crippen molar-refractivity contribution in [1.29, 1.82) is 0 Å². The lowest BCUT2D eigenvalue weighted by Gasteiger charge is -2.33. The first-order valence-electron chi connectivity index (χ1n) is 12.9. The van der Waals surface area contributed by atoms with Crippen molar-refractivity contribution in [2.45, 2.75) is 19.3 Å². The Labute approximate surface area is 238 Å². The van der Waals surface area contributed by atoms with Crippen LogP contribution >= 0.6 is 0 Å². The van der Waals surface area contributed by atoms with E-state index in [9.17, 15) is 18.0 Å². The molecule has 2 aromatic heterocycles. The van der Waals surface area contributed by atoms with Crippen molar-refractivity contribution in [1.82, 2.24) is 29.5 Å². The van der Waals surface area contributed by atoms with Gasteiger partial charge in [0.15, 0.2) is 5.65 Å². The molecule has 14 heteroatoms. The highest BCUT2D eigenvalue weighted by molar-refractivity contribution is 6.01. The van der Waals surface area contributed by atoms with Crippen molar-refractivity contribution in [3.8, 4) is 23.6 Å². The highest BCUT2D eigenvalue weighted by Crippen LogP contribution is 2.35. The van der Waals surface area contributed by atoms with E-state index in [4.69, 9.17) is 12.2 Å². The van der Waals surface area contributed by atoms with Gasteiger partial charge in [-0.15, -0.1) is 6.42 Å². The number of nitrogen functional groups attached to an aromatic ring is 1. The van der Waals surface area contributed by atoms with Crippen molar-refractivity contribution in [2.24, 2.45) is 0 Å². The van der Waals surface area contributed by atoms with Crippen LogP contribution in [0.1, 0.15) is 11.1 Å². The number of likely N-dealkylation sites (N-methyl/N-ethyl adjacent to an activating group) is 1. The van der Waals surface area contributed by atoms with Crippen LogP contribution in [-0.2, 0) is 19.3 Å². The molecular weight excluding hydrogens is 554 g/mol. The van der Waals surface area contributed by atoms with Gasteiger partial charge in [0.1, 0.15) is 30.2 Å². The highest BCUT2D eigenvalue weighted by Gasteiger charge is 2.34. The number of nitrogens with zero attached hydrogens (tertiary/aromatic N) is 6. The van der Waals surface area contributed by atoms with E-state index in [1.807, 2.05) is 11.9 Å². The van der Waals surface area contributed by atoms with E-state index in [-0.39, 0.29) is 35.8 Å². The number of terminal acetylenes is 1. The summed E-state index contributed by atoms with van der Waals surface area (Å²) in [6, 6.07) is 6.66. The molecule has 0 saturated carbocycles. The van der Waals surface area contributed by atoms with Crippen molar-refractivity contribution in [3.63, 3.8) is 0 Å². The number of aromatic nitrogens is 4. The molecule has 0 aliphatic carbocycles. The summed E-state index contributed by atoms with van der Waals surface area (Å²) in [5, 5.41) is 9.48. The second-order valence-electron chi connectivity index (χ2n) is 9.89. The number of benzene rings is 2. The molecule has 0 spiro atoms. The number of hydrogen-bond acceptors (Lipinski definition) is 7. The lowest BCUT2D eigenvalue weighted by Crippen LogP contribution is -2.44. The van der Waals surface area contributed by atoms with E-state index < -0.39 is 23.6 Å². The second kappa shape index (κ2) is 11.6. The topological polar surface area (TPSA) is 117 Å². The number of carbonyl (C=O) groups excluding carboxylic acids is 1. The van der Waals surface area contributed by atoms with Gasteiger partial charge in [-0.25, -0.2) is 23.8 Å². The van der Waals surface area contributed by atoms with Crippen molar-refractivity contribution >= 4 is 34.3 Å². The van der Waals surface area contributed by atoms with Crippen molar-refractivity contribution < 1.29 is 22.4 Å². The average Bonchev–Trinajstić information content (AvgIpc) is 3.31. The fraction of sp³-hybridized carbons (Fsp3) is 0.286. The van der Waals surface area contributed by atoms with Gasteiger partial charge >= 0.3 is 12.2 Å². The van der Waals surface area contributed by atoms with E-state index in [0.717, 1.165) is 25.2 Å². The number of hydrogen-bond donors (Lipinski definition) is 3. The Morgan fingerprint density at radius 1 is 1.10 bits per heavy atom. The molecular formula is C28H27F4N9O. The van der Waals surface area contributed by atoms with Gasteiger partial charge in [-0.05, 0) is 36.9 Å². The van der Waals surface area contributed by atoms with E-state index in [2.05, 4.69) is 36.5 Å². The smallest absolute Gasteiger partial charge is 0.383 e. The number of amides is 2. The maximum atomic E-state index is 15.1. The summed E-state index contributed by atoms with van der Waals surface area (Å²) >= 11 is 0. The van der Waals surface area contributed by atoms with Crippen LogP contribution in [0.15, 0.2) is 42.7 Å². The minimum atomic E-state index is -4.62. The minimum Gasteiger partial charge on any atom is -0.383 e. The number of anilines is 3. The molecule has 218 valence electrons. The van der Waals surface area contributed by atoms with Gasteiger partial charge in [-0.3, -0.25) is 4.90 Å². The first-order valence-corrected chi connectivity index (χ1v) is 12.9. The van der Waals surface area contributed by atoms with Gasteiger partial charge in [0.2, 0.25) is 0 Å². The zero-order valence-electron chi connectivity index (χ0n) is 22.5. The zero-order chi connectivity index (χ0) is 30.0. The fourth-order valence-corrected chi connectivity index (χ4v) is 4.78. The first kappa shape index (κ1) is 28.8. The van der Waals surface area contributed by atoms with Gasteiger partial charge in [-0.1, -0.05) is 18.1 Å². The number of fused-ring (bicyclic) bond motifs is 1. The summed E-state index contributed by atoms with van der Waals surface area (Å²) in [5.41, 5.74) is 6.01. The Balaban J connectivity index is 1.32. The number of nitrogens with one attached hydrogen (secondary N) is 2. The molecule has 10 nitrogen and oxygen atoms in total. The molecule has 0 atom stereocenters. The average molecular weight is 582 g/mol. The van der Waals surface area contributed by atoms with E-state index in [1.165, 1.54) is 35.3 Å². The number of alkyl halides is 3. The van der Waals surface area contributed by atoms with Crippen LogP contribution in [0.2, 0.25) is 0 Å². The number of halogens is 4. The Morgan fingerprint density at radius 2 is 1.86 bits per heavy atom. The Morgan fingerprint density at radius 3 is 2.55 bits per heavy atom. The zero-order valence-corrected chi connectivity index (χ0v) is 22.5. The SMILES string of the molecule is C#CCn1nc(-c2ccc(NC(=O)Nc3ccc(CN4CCN(C)CC4)c(C(F)(F)F)c3)c(F)c2)c2c(N)ncnc21. The summed E-state index contributed by atoms with van der Waals surface area (Å²) in [4.78, 5) is 24.8. The quantitative estimate of drug-likeness (QED) is 0.230. The molecule has 0 bridgehead atoms. The molecule has 1 aliphatic heterocycles. The monoisotopic (exact) mass is 581 g/mol. The summed E-state index contributed by atoms with van der Waals surface area (Å²) < 4.78 is 58.2. The lowest BCUT2D eigenvalue weighted by atomic mass is 10.0. The van der Waals surface area contributed by atoms with E-state index in [1.54, 1.807) is 0 Å². The third-order valence-corrected chi connectivity index (χ3v) is 6.95. The van der Waals surface area contributed by atoms with E-state index in [0.29, 0.717) is 35.4 Å². The van der Waals surface area contributed by atoms with Crippen LogP contribution in [0, 0.1) is 18.2 Å². The predicted molar refractivity (Wildman–Crippen MR) is 151 cm³/mol. The maximum absolute atomic E-state index is 15.1. The third-order valence-electron chi connectivity index (χ3n) is 6.95. The van der Waals surface area contributed by atoms with Crippen LogP contribution in [0.3, 0.4) is 0 Å². The number of rotatable bonds is 6. The molecule has 1 saturated heterocycles. The Bertz CT molecular complexity index is 1670. The third kappa shape index (κ3) is 6.12. The number of carbonyl (C=O) groups is 1. The molecule has 2 aromatic carbocycles. The van der Waals surface area contributed by atoms with Gasteiger partial charge in [0.25, 0.3) is 0 Å². The van der Waals surface area contributed by atoms with Crippen LogP contribution in [0.4, 0.5) is 39.5 Å². The van der Waals surface area contributed by atoms with Gasteiger partial charge in [-0.2, -0.15) is 18.3 Å². The minimum absolute atomic E-state index is 0.0834. The van der Waals surface area contributed by atoms with Crippen molar-refractivity contribution in [2.75, 3.05) is 49.6 Å². The fourth-order valence-electron chi connectivity index (χ4n) is 4.78. The first-order chi connectivity index (χ1) is 20.0. The van der Waals surface area contributed by atoms with E-state index >= 15 is 4.39 Å². The molecule has 1 aliphatic rings. The molecule has 0 unspecified atom stereocenters. The molecule has 0 radical (unpaired) electrons. The van der Waals surface area contributed by atoms with Gasteiger partial charge < -0.3 is 21.3 Å². The molecule has 4 aromatic rings. The molecule has 2 amide bonds. The molecule has 5 rings (SSSR count). The normalized spacial score (nSPS) is 14.6. The van der Waals surface area contributed by atoms with Gasteiger partial charge in [0, 0.05) is 44.0 Å². The van der Waals surface area contributed by atoms with Crippen LogP contribution < -0.4 is 16.4 Å². The standard InChI is InChI=1S/C28H27F4N9O/c1-3-8-41-26-23(25(33)34-16-35-26)24(38-41)17-5-7-22(21(29)13-17)37-27(42)36-19-6-4-18(20(14-19)28(30,31)32)15-40-11-9-39(2)10-12-40/h1,4-7,13-14,16H,8-12,15H2,2H3,(H2,33,34,35)(H2,36,37,42). The van der Waals surface area contributed by atoms with Crippen LogP contribution in [-0.4, -0.2) is 68.8 Å². The second-order valence-corrected chi connectivity index (χ2v) is 9.89. The Hall–Kier alpha value is -4.74. The van der Waals surface area contributed by atoms with Crippen LogP contribution in [0.5, 0.6) is 0 Å². The summed E-state index contributed by atoms with van der Waals surface area (Å²) in [7, 11) is 1.97. The van der Waals surface area contributed by atoms with Crippen LogP contribution in [0.25, 0.3) is 22.3 Å². The highest BCUT2D eigenvalue weighted by atomic mass is 19.4. The molecule has 4 N–H and O–H groups in total. The molecule has 1 fully saturated rings. The molecule has 3 heterocycles. The molecule has 42 heavy (non-hydrogen) atoms. The largest absolute Gasteiger partial charge is 0.416 e. The lowest BCUT2D eigenvalue weighted by molar-refractivity contribution is -0.138. The number of urea groups is 1. The summed E-state index contributed by atoms with van der Waals surface area (Å²) in [5.74, 6) is 1.78. The van der Waals surface area contributed by atoms with Crippen molar-refractivity contribution in [3.05, 3.63) is 59.7 Å². The maximum Gasteiger partial charge on any atom is 0.416 e. The summed E-state index contributed by atoms with van der Waals surface area (Å²) in [6.07, 6.45) is 2.06.